The number of hydrogen-bond donors (Lipinski definition) is 1. The molecule has 1 aliphatic heterocycles. The van der Waals surface area contributed by atoms with E-state index in [0.29, 0.717) is 6.42 Å². The zero-order chi connectivity index (χ0) is 11.7. The summed E-state index contributed by atoms with van der Waals surface area (Å²) in [5.41, 5.74) is 5.15. The second-order valence-corrected chi connectivity index (χ2v) is 6.43. The summed E-state index contributed by atoms with van der Waals surface area (Å²) >= 11 is 0. The summed E-state index contributed by atoms with van der Waals surface area (Å²) in [6, 6.07) is -0.325. The molecule has 0 saturated carbocycles. The standard InChI is InChI=1S/C9H17NO4S/c1-7(10)9(5-8(11)14-2)3-4-15(12,13)6-9/h7H,3-6,10H2,1-2H3. The minimum Gasteiger partial charge on any atom is -0.469 e. The van der Waals surface area contributed by atoms with Gasteiger partial charge in [-0.3, -0.25) is 4.79 Å². The molecule has 5 nitrogen and oxygen atoms in total. The Kier molecular flexibility index (Phi) is 3.40. The maximum atomic E-state index is 11.4. The van der Waals surface area contributed by atoms with E-state index in [2.05, 4.69) is 4.74 Å². The van der Waals surface area contributed by atoms with Crippen LogP contribution in [0.1, 0.15) is 19.8 Å². The molecule has 88 valence electrons. The van der Waals surface area contributed by atoms with Crippen molar-refractivity contribution in [2.45, 2.75) is 25.8 Å². The summed E-state index contributed by atoms with van der Waals surface area (Å²) in [7, 11) is -1.75. The number of hydrogen-bond acceptors (Lipinski definition) is 5. The first-order chi connectivity index (χ1) is 6.81. The molecule has 0 aromatic rings. The maximum Gasteiger partial charge on any atom is 0.306 e. The third-order valence-corrected chi connectivity index (χ3v) is 4.95. The third-order valence-electron chi connectivity index (χ3n) is 3.11. The lowest BCUT2D eigenvalue weighted by molar-refractivity contribution is -0.143. The van der Waals surface area contributed by atoms with E-state index < -0.39 is 21.2 Å². The summed E-state index contributed by atoms with van der Waals surface area (Å²) in [6.45, 7) is 1.74. The van der Waals surface area contributed by atoms with E-state index in [1.165, 1.54) is 7.11 Å². The molecule has 0 aromatic heterocycles. The van der Waals surface area contributed by atoms with Crippen LogP contribution in [-0.2, 0) is 19.4 Å². The van der Waals surface area contributed by atoms with Gasteiger partial charge in [0.25, 0.3) is 0 Å². The van der Waals surface area contributed by atoms with Gasteiger partial charge in [-0.2, -0.15) is 0 Å². The van der Waals surface area contributed by atoms with Crippen LogP contribution in [-0.4, -0.2) is 39.0 Å². The number of esters is 1. The van der Waals surface area contributed by atoms with Gasteiger partial charge in [-0.05, 0) is 13.3 Å². The molecular weight excluding hydrogens is 218 g/mol. The van der Waals surface area contributed by atoms with Crippen molar-refractivity contribution in [3.05, 3.63) is 0 Å². The van der Waals surface area contributed by atoms with Crippen LogP contribution in [0, 0.1) is 5.41 Å². The van der Waals surface area contributed by atoms with E-state index in [1.54, 1.807) is 6.92 Å². The van der Waals surface area contributed by atoms with Gasteiger partial charge >= 0.3 is 5.97 Å². The Morgan fingerprint density at radius 1 is 1.60 bits per heavy atom. The molecule has 15 heavy (non-hydrogen) atoms. The van der Waals surface area contributed by atoms with Gasteiger partial charge in [-0.15, -0.1) is 0 Å². The topological polar surface area (TPSA) is 86.5 Å². The highest BCUT2D eigenvalue weighted by molar-refractivity contribution is 7.91. The van der Waals surface area contributed by atoms with E-state index in [-0.39, 0.29) is 24.0 Å². The lowest BCUT2D eigenvalue weighted by Crippen LogP contribution is -2.42. The van der Waals surface area contributed by atoms with Gasteiger partial charge in [0.2, 0.25) is 0 Å². The van der Waals surface area contributed by atoms with E-state index in [9.17, 15) is 13.2 Å². The van der Waals surface area contributed by atoms with Gasteiger partial charge in [0.05, 0.1) is 25.0 Å². The molecule has 0 amide bonds. The lowest BCUT2D eigenvalue weighted by atomic mass is 9.78. The fraction of sp³-hybridized carbons (Fsp3) is 0.889. The predicted molar refractivity (Wildman–Crippen MR) is 56.0 cm³/mol. The van der Waals surface area contributed by atoms with E-state index in [1.807, 2.05) is 0 Å². The smallest absolute Gasteiger partial charge is 0.306 e. The molecule has 1 fully saturated rings. The van der Waals surface area contributed by atoms with Crippen LogP contribution in [0.25, 0.3) is 0 Å². The molecule has 2 unspecified atom stereocenters. The quantitative estimate of drug-likeness (QED) is 0.679. The molecule has 2 atom stereocenters. The van der Waals surface area contributed by atoms with Crippen molar-refractivity contribution in [3.63, 3.8) is 0 Å². The largest absolute Gasteiger partial charge is 0.469 e. The Hall–Kier alpha value is -0.620. The Morgan fingerprint density at radius 2 is 2.20 bits per heavy atom. The Labute approximate surface area is 89.9 Å². The Bertz CT molecular complexity index is 349. The van der Waals surface area contributed by atoms with E-state index in [0.717, 1.165) is 0 Å². The second kappa shape index (κ2) is 4.09. The van der Waals surface area contributed by atoms with Crippen molar-refractivity contribution < 1.29 is 17.9 Å². The molecule has 0 bridgehead atoms. The number of carbonyl (C=O) groups excluding carboxylic acids is 1. The van der Waals surface area contributed by atoms with Gasteiger partial charge in [0.15, 0.2) is 9.84 Å². The number of ether oxygens (including phenoxy) is 1. The van der Waals surface area contributed by atoms with Gasteiger partial charge in [0, 0.05) is 11.5 Å². The van der Waals surface area contributed by atoms with Gasteiger partial charge in [-0.25, -0.2) is 8.42 Å². The van der Waals surface area contributed by atoms with Crippen LogP contribution in [0.2, 0.25) is 0 Å². The van der Waals surface area contributed by atoms with Gasteiger partial charge in [0.1, 0.15) is 0 Å². The highest BCUT2D eigenvalue weighted by Crippen LogP contribution is 2.38. The first-order valence-corrected chi connectivity index (χ1v) is 6.66. The first kappa shape index (κ1) is 12.4. The van der Waals surface area contributed by atoms with Crippen molar-refractivity contribution >= 4 is 15.8 Å². The summed E-state index contributed by atoms with van der Waals surface area (Å²) in [5, 5.41) is 0. The van der Waals surface area contributed by atoms with Crippen LogP contribution in [0.4, 0.5) is 0 Å². The van der Waals surface area contributed by atoms with Gasteiger partial charge in [-0.1, -0.05) is 0 Å². The second-order valence-electron chi connectivity index (χ2n) is 4.25. The summed E-state index contributed by atoms with van der Waals surface area (Å²) < 4.78 is 27.4. The summed E-state index contributed by atoms with van der Waals surface area (Å²) in [6.07, 6.45) is 0.530. The zero-order valence-corrected chi connectivity index (χ0v) is 9.84. The number of methoxy groups -OCH3 is 1. The zero-order valence-electron chi connectivity index (χ0n) is 9.02. The highest BCUT2D eigenvalue weighted by Gasteiger charge is 2.46. The fourth-order valence-corrected chi connectivity index (χ4v) is 4.21. The van der Waals surface area contributed by atoms with Crippen molar-refractivity contribution in [3.8, 4) is 0 Å². The van der Waals surface area contributed by atoms with Crippen LogP contribution in [0.3, 0.4) is 0 Å². The monoisotopic (exact) mass is 235 g/mol. The third kappa shape index (κ3) is 2.69. The summed E-state index contributed by atoms with van der Waals surface area (Å²) in [5.74, 6) is -0.289. The highest BCUT2D eigenvalue weighted by atomic mass is 32.2. The summed E-state index contributed by atoms with van der Waals surface area (Å²) in [4.78, 5) is 11.2. The average Bonchev–Trinajstić information content (AvgIpc) is 2.43. The average molecular weight is 235 g/mol. The van der Waals surface area contributed by atoms with Crippen molar-refractivity contribution in [1.29, 1.82) is 0 Å². The molecule has 0 radical (unpaired) electrons. The van der Waals surface area contributed by atoms with Crippen LogP contribution < -0.4 is 5.73 Å². The Balaban J connectivity index is 2.87. The van der Waals surface area contributed by atoms with E-state index >= 15 is 0 Å². The minimum absolute atomic E-state index is 0.00718. The number of carbonyl (C=O) groups is 1. The molecule has 1 saturated heterocycles. The van der Waals surface area contributed by atoms with Crippen LogP contribution in [0.5, 0.6) is 0 Å². The molecule has 6 heteroatoms. The Morgan fingerprint density at radius 3 is 2.53 bits per heavy atom. The van der Waals surface area contributed by atoms with Crippen molar-refractivity contribution in [2.24, 2.45) is 11.1 Å². The number of nitrogens with two attached hydrogens (primary N) is 1. The molecule has 0 spiro atoms. The molecule has 0 aliphatic carbocycles. The molecule has 1 rings (SSSR count). The molecule has 1 heterocycles. The first-order valence-electron chi connectivity index (χ1n) is 4.84. The van der Waals surface area contributed by atoms with E-state index in [4.69, 9.17) is 5.73 Å². The predicted octanol–water partition coefficient (Wildman–Crippen LogP) is -0.298. The molecular formula is C9H17NO4S. The fourth-order valence-electron chi connectivity index (χ4n) is 1.96. The van der Waals surface area contributed by atoms with Gasteiger partial charge < -0.3 is 10.5 Å². The maximum absolute atomic E-state index is 11.4. The lowest BCUT2D eigenvalue weighted by Gasteiger charge is -2.30. The van der Waals surface area contributed by atoms with Crippen molar-refractivity contribution in [1.82, 2.24) is 0 Å². The number of sulfone groups is 1. The van der Waals surface area contributed by atoms with Crippen LogP contribution in [0.15, 0.2) is 0 Å². The molecule has 2 N–H and O–H groups in total. The molecule has 0 aromatic carbocycles. The van der Waals surface area contributed by atoms with Crippen LogP contribution >= 0.6 is 0 Å². The minimum atomic E-state index is -3.04. The normalized spacial score (nSPS) is 31.1. The van der Waals surface area contributed by atoms with Crippen molar-refractivity contribution in [2.75, 3.05) is 18.6 Å². The SMILES string of the molecule is COC(=O)CC1(C(C)N)CCS(=O)(=O)C1. The number of rotatable bonds is 3. The molecule has 1 aliphatic rings.